The SMILES string of the molecule is Cn1nc(/C(O)=C(/C#N)S(=O)(=O)c2ccccc2)c2ccccc21. The number of aromatic nitrogens is 2. The number of allylic oxidation sites excluding steroid dienone is 1. The maximum Gasteiger partial charge on any atom is 0.220 e. The molecule has 7 heteroatoms. The molecule has 1 N–H and O–H groups in total. The van der Waals surface area contributed by atoms with Crippen molar-refractivity contribution in [2.24, 2.45) is 7.05 Å². The molecule has 0 bridgehead atoms. The molecule has 0 spiro atoms. The molecule has 1 aromatic heterocycles. The van der Waals surface area contributed by atoms with E-state index in [0.29, 0.717) is 10.9 Å². The fraction of sp³-hybridized carbons (Fsp3) is 0.0588. The minimum absolute atomic E-state index is 0.0594. The monoisotopic (exact) mass is 339 g/mol. The Bertz CT molecular complexity index is 1090. The van der Waals surface area contributed by atoms with Crippen molar-refractivity contribution in [3.63, 3.8) is 0 Å². The van der Waals surface area contributed by atoms with Gasteiger partial charge in [-0.05, 0) is 18.2 Å². The fourth-order valence-electron chi connectivity index (χ4n) is 2.45. The standard InChI is InChI=1S/C17H13N3O3S/c1-20-14-10-6-5-9-13(14)16(19-20)17(21)15(11-18)24(22,23)12-7-3-2-4-8-12/h2-10,21H,1H3/b17-15+. The van der Waals surface area contributed by atoms with Crippen LogP contribution in [0.2, 0.25) is 0 Å². The van der Waals surface area contributed by atoms with E-state index in [9.17, 15) is 18.8 Å². The van der Waals surface area contributed by atoms with Gasteiger partial charge in [-0.15, -0.1) is 0 Å². The smallest absolute Gasteiger partial charge is 0.220 e. The van der Waals surface area contributed by atoms with E-state index in [-0.39, 0.29) is 10.6 Å². The zero-order chi connectivity index (χ0) is 17.3. The van der Waals surface area contributed by atoms with Crippen LogP contribution in [0.4, 0.5) is 0 Å². The van der Waals surface area contributed by atoms with Crippen molar-refractivity contribution < 1.29 is 13.5 Å². The van der Waals surface area contributed by atoms with Gasteiger partial charge < -0.3 is 5.11 Å². The second kappa shape index (κ2) is 5.83. The zero-order valence-electron chi connectivity index (χ0n) is 12.7. The molecule has 0 aliphatic heterocycles. The molecular weight excluding hydrogens is 326 g/mol. The summed E-state index contributed by atoms with van der Waals surface area (Å²) in [5, 5.41) is 24.6. The predicted octanol–water partition coefficient (Wildman–Crippen LogP) is 2.80. The summed E-state index contributed by atoms with van der Waals surface area (Å²) < 4.78 is 26.8. The fourth-order valence-corrected chi connectivity index (χ4v) is 3.68. The summed E-state index contributed by atoms with van der Waals surface area (Å²) in [6.45, 7) is 0. The quantitative estimate of drug-likeness (QED) is 0.585. The summed E-state index contributed by atoms with van der Waals surface area (Å²) >= 11 is 0. The first-order valence-corrected chi connectivity index (χ1v) is 8.50. The van der Waals surface area contributed by atoms with Gasteiger partial charge in [-0.2, -0.15) is 10.4 Å². The zero-order valence-corrected chi connectivity index (χ0v) is 13.5. The van der Waals surface area contributed by atoms with Gasteiger partial charge in [0.25, 0.3) is 0 Å². The van der Waals surface area contributed by atoms with Crippen molar-refractivity contribution in [2.45, 2.75) is 4.90 Å². The van der Waals surface area contributed by atoms with Crippen LogP contribution >= 0.6 is 0 Å². The number of para-hydroxylation sites is 1. The Morgan fingerprint density at radius 2 is 1.75 bits per heavy atom. The highest BCUT2D eigenvalue weighted by atomic mass is 32.2. The minimum Gasteiger partial charge on any atom is -0.504 e. The summed E-state index contributed by atoms with van der Waals surface area (Å²) in [4.78, 5) is -0.786. The van der Waals surface area contributed by atoms with Crippen molar-refractivity contribution >= 4 is 26.5 Å². The van der Waals surface area contributed by atoms with E-state index in [1.54, 1.807) is 55.6 Å². The van der Waals surface area contributed by atoms with Crippen molar-refractivity contribution in [2.75, 3.05) is 0 Å². The number of aliphatic hydroxyl groups is 1. The number of fused-ring (bicyclic) bond motifs is 1. The number of nitriles is 1. The Morgan fingerprint density at radius 1 is 1.12 bits per heavy atom. The molecule has 2 aromatic carbocycles. The molecule has 24 heavy (non-hydrogen) atoms. The molecule has 0 amide bonds. The maximum atomic E-state index is 12.6. The summed E-state index contributed by atoms with van der Waals surface area (Å²) in [5.41, 5.74) is 0.776. The molecule has 6 nitrogen and oxygen atoms in total. The molecule has 0 aliphatic rings. The number of benzene rings is 2. The third-order valence-corrected chi connectivity index (χ3v) is 5.34. The number of rotatable bonds is 3. The van der Waals surface area contributed by atoms with Gasteiger partial charge >= 0.3 is 0 Å². The molecule has 1 heterocycles. The molecule has 3 rings (SSSR count). The van der Waals surface area contributed by atoms with Crippen LogP contribution in [0.15, 0.2) is 64.4 Å². The summed E-state index contributed by atoms with van der Waals surface area (Å²) in [5.74, 6) is -0.654. The van der Waals surface area contributed by atoms with E-state index in [1.807, 2.05) is 0 Å². The summed E-state index contributed by atoms with van der Waals surface area (Å²) in [6.07, 6.45) is 0. The van der Waals surface area contributed by atoms with Crippen LogP contribution < -0.4 is 0 Å². The van der Waals surface area contributed by atoms with Crippen LogP contribution in [0.5, 0.6) is 0 Å². The average molecular weight is 339 g/mol. The molecule has 0 radical (unpaired) electrons. The lowest BCUT2D eigenvalue weighted by atomic mass is 10.2. The molecule has 0 aliphatic carbocycles. The minimum atomic E-state index is -4.14. The second-order valence-corrected chi connectivity index (χ2v) is 6.98. The Morgan fingerprint density at radius 3 is 2.42 bits per heavy atom. The highest BCUT2D eigenvalue weighted by Gasteiger charge is 2.27. The normalized spacial score (nSPS) is 12.7. The number of sulfone groups is 1. The van der Waals surface area contributed by atoms with E-state index in [1.165, 1.54) is 16.8 Å². The summed E-state index contributed by atoms with van der Waals surface area (Å²) in [7, 11) is -2.46. The number of aliphatic hydroxyl groups excluding tert-OH is 1. The van der Waals surface area contributed by atoms with Crippen LogP contribution in [0.3, 0.4) is 0 Å². The van der Waals surface area contributed by atoms with Crippen LogP contribution in [0.1, 0.15) is 5.69 Å². The van der Waals surface area contributed by atoms with E-state index >= 15 is 0 Å². The first-order valence-electron chi connectivity index (χ1n) is 7.02. The second-order valence-electron chi connectivity index (χ2n) is 5.10. The van der Waals surface area contributed by atoms with Crippen LogP contribution in [0, 0.1) is 11.3 Å². The lowest BCUT2D eigenvalue weighted by Crippen LogP contribution is -2.07. The van der Waals surface area contributed by atoms with Crippen LogP contribution in [0.25, 0.3) is 16.7 Å². The molecule has 0 fully saturated rings. The summed E-state index contributed by atoms with van der Waals surface area (Å²) in [6, 6.07) is 16.2. The highest BCUT2D eigenvalue weighted by molar-refractivity contribution is 7.95. The molecule has 0 unspecified atom stereocenters. The lowest BCUT2D eigenvalue weighted by Gasteiger charge is -2.05. The molecule has 0 atom stereocenters. The topological polar surface area (TPSA) is 96.0 Å². The van der Waals surface area contributed by atoms with E-state index in [0.717, 1.165) is 0 Å². The van der Waals surface area contributed by atoms with Gasteiger partial charge in [0.05, 0.1) is 10.4 Å². The van der Waals surface area contributed by atoms with Gasteiger partial charge in [-0.1, -0.05) is 36.4 Å². The van der Waals surface area contributed by atoms with Gasteiger partial charge in [0.15, 0.2) is 10.7 Å². The van der Waals surface area contributed by atoms with Crippen molar-refractivity contribution in [1.29, 1.82) is 5.26 Å². The Labute approximate surface area is 138 Å². The van der Waals surface area contributed by atoms with E-state index in [4.69, 9.17) is 0 Å². The molecule has 120 valence electrons. The number of hydrogen-bond donors (Lipinski definition) is 1. The van der Waals surface area contributed by atoms with Gasteiger partial charge in [-0.25, -0.2) is 8.42 Å². The third-order valence-electron chi connectivity index (χ3n) is 3.62. The molecule has 0 saturated heterocycles. The largest absolute Gasteiger partial charge is 0.504 e. The van der Waals surface area contributed by atoms with Crippen molar-refractivity contribution in [3.05, 3.63) is 65.2 Å². The van der Waals surface area contributed by atoms with Gasteiger partial charge in [0, 0.05) is 12.4 Å². The van der Waals surface area contributed by atoms with Crippen molar-refractivity contribution in [3.8, 4) is 6.07 Å². The van der Waals surface area contributed by atoms with Crippen LogP contribution in [-0.4, -0.2) is 23.3 Å². The third kappa shape index (κ3) is 2.43. The number of nitrogens with zero attached hydrogens (tertiary/aromatic N) is 3. The molecule has 3 aromatic rings. The highest BCUT2D eigenvalue weighted by Crippen LogP contribution is 2.29. The van der Waals surface area contributed by atoms with Crippen molar-refractivity contribution in [1.82, 2.24) is 9.78 Å². The van der Waals surface area contributed by atoms with Gasteiger partial charge in [-0.3, -0.25) is 4.68 Å². The maximum absolute atomic E-state index is 12.6. The predicted molar refractivity (Wildman–Crippen MR) is 89.5 cm³/mol. The average Bonchev–Trinajstić information content (AvgIpc) is 2.93. The van der Waals surface area contributed by atoms with Crippen LogP contribution in [-0.2, 0) is 16.9 Å². The Kier molecular flexibility index (Phi) is 3.83. The Balaban J connectivity index is 2.28. The molecular formula is C17H13N3O3S. The van der Waals surface area contributed by atoms with Gasteiger partial charge in [0.1, 0.15) is 11.8 Å². The van der Waals surface area contributed by atoms with Gasteiger partial charge in [0.2, 0.25) is 9.84 Å². The Hall–Kier alpha value is -3.11. The van der Waals surface area contributed by atoms with E-state index < -0.39 is 20.5 Å². The number of hydrogen-bond acceptors (Lipinski definition) is 5. The first-order chi connectivity index (χ1) is 11.5. The first kappa shape index (κ1) is 15.8. The lowest BCUT2D eigenvalue weighted by molar-refractivity contribution is 0.505. The molecule has 0 saturated carbocycles. The number of aryl methyl sites for hydroxylation is 1. The van der Waals surface area contributed by atoms with E-state index in [2.05, 4.69) is 5.10 Å².